The molecule has 2 unspecified atom stereocenters. The molecule has 0 aliphatic carbocycles. The summed E-state index contributed by atoms with van der Waals surface area (Å²) in [5, 5.41) is 24.7. The summed E-state index contributed by atoms with van der Waals surface area (Å²) in [6.45, 7) is 1.82. The first-order chi connectivity index (χ1) is 11.7. The fraction of sp³-hybridized carbons (Fsp3) is 0.556. The molecule has 1 aromatic heterocycles. The topological polar surface area (TPSA) is 254 Å². The maximum Gasteiger partial charge on any atom is 0.413 e. The van der Waals surface area contributed by atoms with Gasteiger partial charge in [-0.2, -0.15) is 21.8 Å². The monoisotopic (exact) mass is 419 g/mol. The molecule has 3 atom stereocenters. The lowest BCUT2D eigenvalue weighted by atomic mass is 10.0. The summed E-state index contributed by atoms with van der Waals surface area (Å²) in [6.07, 6.45) is -1.87. The van der Waals surface area contributed by atoms with Crippen LogP contribution in [0.5, 0.6) is 0 Å². The van der Waals surface area contributed by atoms with Crippen LogP contribution in [0, 0.1) is 0 Å². The van der Waals surface area contributed by atoms with Crippen molar-refractivity contribution in [1.82, 2.24) is 9.97 Å². The number of nitrogens with two attached hydrogens (primary N) is 1. The van der Waals surface area contributed by atoms with E-state index in [0.717, 1.165) is 0 Å². The van der Waals surface area contributed by atoms with Gasteiger partial charge in [-0.1, -0.05) is 0 Å². The molecule has 17 heteroatoms. The Kier molecular flexibility index (Phi) is 6.88. The van der Waals surface area contributed by atoms with Gasteiger partial charge < -0.3 is 26.6 Å². The third-order valence-corrected chi connectivity index (χ3v) is 4.21. The summed E-state index contributed by atoms with van der Waals surface area (Å²) in [4.78, 5) is 17.9. The van der Waals surface area contributed by atoms with E-state index in [-0.39, 0.29) is 11.6 Å². The number of aliphatic hydroxyl groups excluding tert-OH is 2. The van der Waals surface area contributed by atoms with Crippen molar-refractivity contribution >= 4 is 38.3 Å². The number of H-pyrrole nitrogens is 1. The van der Waals surface area contributed by atoms with Crippen LogP contribution in [0.25, 0.3) is 0 Å². The first-order valence-electron chi connectivity index (χ1n) is 6.62. The molecule has 15 nitrogen and oxygen atoms in total. The van der Waals surface area contributed by atoms with Crippen molar-refractivity contribution < 1.29 is 39.8 Å². The van der Waals surface area contributed by atoms with Crippen molar-refractivity contribution in [1.29, 1.82) is 0 Å². The lowest BCUT2D eigenvalue weighted by Gasteiger charge is -2.31. The van der Waals surface area contributed by atoms with Crippen LogP contribution in [0.2, 0.25) is 0 Å². The molecule has 2 rings (SSSR count). The largest absolute Gasteiger partial charge is 0.413 e. The van der Waals surface area contributed by atoms with Crippen LogP contribution in [0.15, 0.2) is 4.79 Å². The number of nitrogens with one attached hydrogen (secondary N) is 3. The average Bonchev–Trinajstić information content (AvgIpc) is 2.42. The van der Waals surface area contributed by atoms with Gasteiger partial charge in [0.2, 0.25) is 5.95 Å². The molecule has 1 aliphatic rings. The highest BCUT2D eigenvalue weighted by Gasteiger charge is 2.29. The summed E-state index contributed by atoms with van der Waals surface area (Å²) in [5.41, 5.74) is 5.20. The Morgan fingerprint density at radius 3 is 2.19 bits per heavy atom. The molecule has 2 heterocycles. The SMILES string of the molecule is CC(O)C(O)[C@@H]1CNc2nc(N)[nH]c(=O)c2N1.O=S(=O)(O)OS(=O)(=O)O. The number of aliphatic hydroxyl groups is 2. The molecule has 0 radical (unpaired) electrons. The summed E-state index contributed by atoms with van der Waals surface area (Å²) in [6, 6.07) is -0.464. The zero-order chi connectivity index (χ0) is 20.3. The fourth-order valence-corrected chi connectivity index (χ4v) is 2.72. The summed E-state index contributed by atoms with van der Waals surface area (Å²) in [5.74, 6) is 0.373. The molecule has 26 heavy (non-hydrogen) atoms. The van der Waals surface area contributed by atoms with Crippen molar-refractivity contribution in [3.05, 3.63) is 10.4 Å². The number of aromatic amines is 1. The van der Waals surface area contributed by atoms with Crippen molar-refractivity contribution in [3.8, 4) is 0 Å². The Morgan fingerprint density at radius 1 is 1.23 bits per heavy atom. The normalized spacial score (nSPS) is 19.0. The van der Waals surface area contributed by atoms with Crippen molar-refractivity contribution in [2.75, 3.05) is 22.9 Å². The molecule has 0 amide bonds. The van der Waals surface area contributed by atoms with Crippen molar-refractivity contribution in [2.24, 2.45) is 0 Å². The van der Waals surface area contributed by atoms with Crippen molar-refractivity contribution in [2.45, 2.75) is 25.2 Å². The first kappa shape index (κ1) is 22.0. The van der Waals surface area contributed by atoms with Crippen LogP contribution in [-0.4, -0.2) is 70.9 Å². The van der Waals surface area contributed by atoms with E-state index >= 15 is 0 Å². The highest BCUT2D eigenvalue weighted by molar-refractivity contribution is 7.94. The smallest absolute Gasteiger partial charge is 0.391 e. The van der Waals surface area contributed by atoms with Gasteiger partial charge in [-0.15, -0.1) is 3.63 Å². The van der Waals surface area contributed by atoms with E-state index in [9.17, 15) is 31.8 Å². The van der Waals surface area contributed by atoms with Gasteiger partial charge in [0.05, 0.1) is 12.1 Å². The number of nitrogen functional groups attached to an aromatic ring is 1. The molecule has 9 N–H and O–H groups in total. The summed E-state index contributed by atoms with van der Waals surface area (Å²) < 4.78 is 55.6. The highest BCUT2D eigenvalue weighted by atomic mass is 32.3. The summed E-state index contributed by atoms with van der Waals surface area (Å²) >= 11 is 0. The van der Waals surface area contributed by atoms with Gasteiger partial charge >= 0.3 is 20.8 Å². The fourth-order valence-electron chi connectivity index (χ4n) is 1.85. The predicted molar refractivity (Wildman–Crippen MR) is 87.0 cm³/mol. The molecule has 0 fully saturated rings. The van der Waals surface area contributed by atoms with E-state index in [1.807, 2.05) is 0 Å². The molecule has 0 spiro atoms. The number of anilines is 3. The van der Waals surface area contributed by atoms with Gasteiger partial charge in [0, 0.05) is 6.54 Å². The van der Waals surface area contributed by atoms with E-state index in [1.165, 1.54) is 6.92 Å². The average molecular weight is 419 g/mol. The standard InChI is InChI=1S/C9H15N5O3.H2O7S2/c1-3(15)6(16)4-2-11-7-5(12-4)8(17)14-9(10)13-7;1-8(2,3)7-9(4,5)6/h3-4,6,12,15-16H,2H2,1H3,(H4,10,11,13,14,17);(H,1,2,3)(H,4,5,6)/t3?,4-,6?;/m0./s1. The lowest BCUT2D eigenvalue weighted by molar-refractivity contribution is 0.0214. The van der Waals surface area contributed by atoms with Gasteiger partial charge in [-0.25, -0.2) is 0 Å². The maximum atomic E-state index is 11.6. The second-order valence-corrected chi connectivity index (χ2v) is 7.22. The Balaban J connectivity index is 0.000000321. The van der Waals surface area contributed by atoms with Crippen LogP contribution in [0.4, 0.5) is 17.5 Å². The molecule has 1 aromatic rings. The molecule has 1 aliphatic heterocycles. The van der Waals surface area contributed by atoms with Gasteiger partial charge in [-0.05, 0) is 6.92 Å². The van der Waals surface area contributed by atoms with Crippen molar-refractivity contribution in [3.63, 3.8) is 0 Å². The lowest BCUT2D eigenvalue weighted by Crippen LogP contribution is -2.48. The Hall–Kier alpha value is -2.02. The molecule has 0 saturated heterocycles. The zero-order valence-corrected chi connectivity index (χ0v) is 14.7. The molecular formula is C9H17N5O10S2. The predicted octanol–water partition coefficient (Wildman–Crippen LogP) is -3.09. The molecule has 0 aromatic carbocycles. The van der Waals surface area contributed by atoms with E-state index in [0.29, 0.717) is 12.4 Å². The van der Waals surface area contributed by atoms with E-state index < -0.39 is 44.6 Å². The van der Waals surface area contributed by atoms with E-state index in [4.69, 9.17) is 14.8 Å². The summed E-state index contributed by atoms with van der Waals surface area (Å²) in [7, 11) is -10.2. The number of aromatic nitrogens is 2. The number of hydrogen-bond donors (Lipinski definition) is 8. The van der Waals surface area contributed by atoms with E-state index in [1.54, 1.807) is 0 Å². The van der Waals surface area contributed by atoms with Gasteiger partial charge in [-0.3, -0.25) is 18.9 Å². The van der Waals surface area contributed by atoms with Crippen LogP contribution in [0.1, 0.15) is 6.92 Å². The first-order valence-corrected chi connectivity index (χ1v) is 9.35. The maximum absolute atomic E-state index is 11.6. The molecule has 0 bridgehead atoms. The van der Waals surface area contributed by atoms with Crippen LogP contribution in [-0.2, 0) is 24.4 Å². The van der Waals surface area contributed by atoms with Crippen LogP contribution in [0.3, 0.4) is 0 Å². The second-order valence-electron chi connectivity index (χ2n) is 4.96. The third kappa shape index (κ3) is 7.07. The number of hydrogen-bond acceptors (Lipinski definition) is 12. The number of nitrogens with zero attached hydrogens (tertiary/aromatic N) is 1. The van der Waals surface area contributed by atoms with Gasteiger partial charge in [0.25, 0.3) is 5.56 Å². The zero-order valence-electron chi connectivity index (χ0n) is 13.0. The minimum Gasteiger partial charge on any atom is -0.391 e. The van der Waals surface area contributed by atoms with E-state index in [2.05, 4.69) is 24.2 Å². The number of rotatable bonds is 4. The Labute approximate surface area is 147 Å². The second kappa shape index (κ2) is 8.12. The molecule has 0 saturated carbocycles. The van der Waals surface area contributed by atoms with Gasteiger partial charge in [0.1, 0.15) is 11.8 Å². The minimum absolute atomic E-state index is 0.0255. The third-order valence-electron chi connectivity index (χ3n) is 2.84. The molecule has 150 valence electrons. The van der Waals surface area contributed by atoms with Gasteiger partial charge in [0.15, 0.2) is 5.82 Å². The Bertz CT molecular complexity index is 866. The highest BCUT2D eigenvalue weighted by Crippen LogP contribution is 2.21. The molecular weight excluding hydrogens is 402 g/mol. The van der Waals surface area contributed by atoms with Crippen LogP contribution < -0.4 is 21.9 Å². The van der Waals surface area contributed by atoms with Crippen LogP contribution >= 0.6 is 0 Å². The Morgan fingerprint density at radius 2 is 1.77 bits per heavy atom. The number of fused-ring (bicyclic) bond motifs is 1. The quantitative estimate of drug-likeness (QED) is 0.225. The minimum atomic E-state index is -5.12.